The minimum Gasteiger partial charge on any atom is -0.335 e. The van der Waals surface area contributed by atoms with Crippen molar-refractivity contribution in [2.75, 3.05) is 38.0 Å². The molecule has 4 rings (SSSR count). The fraction of sp³-hybridized carbons (Fsp3) is 0.385. The van der Waals surface area contributed by atoms with Crippen LogP contribution in [0.25, 0.3) is 0 Å². The number of nitrogens with one attached hydrogen (secondary N) is 1. The molecule has 0 unspecified atom stereocenters. The van der Waals surface area contributed by atoms with Gasteiger partial charge >= 0.3 is 0 Å². The van der Waals surface area contributed by atoms with Crippen molar-refractivity contribution >= 4 is 29.1 Å². The van der Waals surface area contributed by atoms with Crippen LogP contribution in [0.15, 0.2) is 59.7 Å². The second kappa shape index (κ2) is 11.1. The Morgan fingerprint density at radius 3 is 2.38 bits per heavy atom. The summed E-state index contributed by atoms with van der Waals surface area (Å²) in [7, 11) is 0. The van der Waals surface area contributed by atoms with E-state index < -0.39 is 0 Å². The lowest BCUT2D eigenvalue weighted by molar-refractivity contribution is -0.132. The summed E-state index contributed by atoms with van der Waals surface area (Å²) in [5, 5.41) is 8.80. The standard InChI is InChI=1S/C26H31N5O3/c1-2-21-10-6-7-11-22(21)27-24(32)19-29-14-16-30(17-15-29)26(34)23-12-13-25(33)31(28-23)18-20-8-4-3-5-9-20/h3-11H,2,12-19H2,1H3,(H,27,32). The average Bonchev–Trinajstić information content (AvgIpc) is 2.86. The zero-order valence-corrected chi connectivity index (χ0v) is 19.6. The number of hydrogen-bond acceptors (Lipinski definition) is 5. The molecule has 0 bridgehead atoms. The molecule has 2 aliphatic rings. The average molecular weight is 462 g/mol. The van der Waals surface area contributed by atoms with Gasteiger partial charge in [-0.05, 0) is 23.6 Å². The van der Waals surface area contributed by atoms with Crippen LogP contribution < -0.4 is 5.32 Å². The van der Waals surface area contributed by atoms with E-state index in [2.05, 4.69) is 22.2 Å². The van der Waals surface area contributed by atoms with E-state index in [0.29, 0.717) is 51.4 Å². The highest BCUT2D eigenvalue weighted by molar-refractivity contribution is 6.39. The summed E-state index contributed by atoms with van der Waals surface area (Å²) >= 11 is 0. The van der Waals surface area contributed by atoms with Gasteiger partial charge < -0.3 is 10.2 Å². The molecule has 8 heteroatoms. The molecule has 2 aromatic carbocycles. The van der Waals surface area contributed by atoms with Crippen molar-refractivity contribution < 1.29 is 14.4 Å². The minimum atomic E-state index is -0.119. The molecule has 0 spiro atoms. The van der Waals surface area contributed by atoms with E-state index in [-0.39, 0.29) is 24.1 Å². The van der Waals surface area contributed by atoms with Crippen LogP contribution >= 0.6 is 0 Å². The van der Waals surface area contributed by atoms with Gasteiger partial charge in [-0.15, -0.1) is 0 Å². The molecule has 178 valence electrons. The number of hydrazone groups is 1. The molecule has 1 fully saturated rings. The van der Waals surface area contributed by atoms with Crippen LogP contribution in [0.2, 0.25) is 0 Å². The molecule has 2 aliphatic heterocycles. The number of anilines is 1. The summed E-state index contributed by atoms with van der Waals surface area (Å²) in [5.41, 5.74) is 3.37. The monoisotopic (exact) mass is 461 g/mol. The topological polar surface area (TPSA) is 85.3 Å². The molecule has 0 radical (unpaired) electrons. The Labute approximate surface area is 200 Å². The van der Waals surface area contributed by atoms with Crippen molar-refractivity contribution in [1.82, 2.24) is 14.8 Å². The predicted molar refractivity (Wildman–Crippen MR) is 131 cm³/mol. The predicted octanol–water partition coefficient (Wildman–Crippen LogP) is 2.51. The van der Waals surface area contributed by atoms with Gasteiger partial charge in [-0.3, -0.25) is 19.3 Å². The molecule has 1 saturated heterocycles. The Hall–Kier alpha value is -3.52. The SMILES string of the molecule is CCc1ccccc1NC(=O)CN1CCN(C(=O)C2=NN(Cc3ccccc3)C(=O)CC2)CC1. The van der Waals surface area contributed by atoms with Crippen molar-refractivity contribution in [3.05, 3.63) is 65.7 Å². The van der Waals surface area contributed by atoms with Gasteiger partial charge in [0.05, 0.1) is 13.1 Å². The maximum Gasteiger partial charge on any atom is 0.270 e. The number of piperazine rings is 1. The van der Waals surface area contributed by atoms with Crippen LogP contribution in [0, 0.1) is 0 Å². The van der Waals surface area contributed by atoms with Crippen molar-refractivity contribution in [3.63, 3.8) is 0 Å². The maximum atomic E-state index is 13.1. The third-order valence-corrected chi connectivity index (χ3v) is 6.23. The van der Waals surface area contributed by atoms with E-state index in [4.69, 9.17) is 0 Å². The van der Waals surface area contributed by atoms with Gasteiger partial charge in [-0.25, -0.2) is 5.01 Å². The number of rotatable bonds is 7. The molecule has 0 saturated carbocycles. The van der Waals surface area contributed by atoms with Crippen LogP contribution in [0.4, 0.5) is 5.69 Å². The number of benzene rings is 2. The van der Waals surface area contributed by atoms with E-state index in [0.717, 1.165) is 23.2 Å². The second-order valence-corrected chi connectivity index (χ2v) is 8.61. The molecule has 0 aromatic heterocycles. The number of amides is 3. The third-order valence-electron chi connectivity index (χ3n) is 6.23. The highest BCUT2D eigenvalue weighted by Gasteiger charge is 2.30. The van der Waals surface area contributed by atoms with Crippen LogP contribution in [0.1, 0.15) is 30.9 Å². The van der Waals surface area contributed by atoms with Crippen molar-refractivity contribution in [2.24, 2.45) is 5.10 Å². The number of nitrogens with zero attached hydrogens (tertiary/aromatic N) is 4. The van der Waals surface area contributed by atoms with Crippen molar-refractivity contribution in [2.45, 2.75) is 32.7 Å². The Morgan fingerprint density at radius 1 is 0.941 bits per heavy atom. The largest absolute Gasteiger partial charge is 0.335 e. The molecule has 34 heavy (non-hydrogen) atoms. The smallest absolute Gasteiger partial charge is 0.270 e. The summed E-state index contributed by atoms with van der Waals surface area (Å²) in [4.78, 5) is 41.7. The Kier molecular flexibility index (Phi) is 7.69. The summed E-state index contributed by atoms with van der Waals surface area (Å²) in [6, 6.07) is 17.5. The van der Waals surface area contributed by atoms with E-state index in [1.54, 1.807) is 4.90 Å². The molecule has 1 N–H and O–H groups in total. The fourth-order valence-corrected chi connectivity index (χ4v) is 4.27. The number of carbonyl (C=O) groups is 3. The Morgan fingerprint density at radius 2 is 1.65 bits per heavy atom. The zero-order valence-electron chi connectivity index (χ0n) is 19.6. The minimum absolute atomic E-state index is 0.0487. The van der Waals surface area contributed by atoms with Gasteiger partial charge in [0, 0.05) is 44.7 Å². The first-order chi connectivity index (χ1) is 16.5. The van der Waals surface area contributed by atoms with Crippen LogP contribution in [0.5, 0.6) is 0 Å². The van der Waals surface area contributed by atoms with Gasteiger partial charge in [0.1, 0.15) is 5.71 Å². The normalized spacial score (nSPS) is 16.9. The maximum absolute atomic E-state index is 13.1. The first-order valence-corrected chi connectivity index (χ1v) is 11.8. The quantitative estimate of drug-likeness (QED) is 0.687. The van der Waals surface area contributed by atoms with E-state index in [1.807, 2.05) is 54.6 Å². The highest BCUT2D eigenvalue weighted by Crippen LogP contribution is 2.17. The summed E-state index contributed by atoms with van der Waals surface area (Å²) in [6.45, 7) is 5.02. The van der Waals surface area contributed by atoms with Gasteiger partial charge in [0.2, 0.25) is 11.8 Å². The number of hydrogen-bond donors (Lipinski definition) is 1. The van der Waals surface area contributed by atoms with Gasteiger partial charge in [0.15, 0.2) is 0 Å². The van der Waals surface area contributed by atoms with Gasteiger partial charge in [-0.1, -0.05) is 55.5 Å². The van der Waals surface area contributed by atoms with Crippen LogP contribution in [-0.4, -0.2) is 71.0 Å². The first kappa shape index (κ1) is 23.6. The molecule has 0 aliphatic carbocycles. The lowest BCUT2D eigenvalue weighted by Crippen LogP contribution is -2.52. The molecule has 2 heterocycles. The summed E-state index contributed by atoms with van der Waals surface area (Å²) in [6.07, 6.45) is 1.51. The summed E-state index contributed by atoms with van der Waals surface area (Å²) < 4.78 is 0. The van der Waals surface area contributed by atoms with E-state index in [1.165, 1.54) is 5.01 Å². The van der Waals surface area contributed by atoms with E-state index in [9.17, 15) is 14.4 Å². The zero-order chi connectivity index (χ0) is 23.9. The van der Waals surface area contributed by atoms with Crippen LogP contribution in [-0.2, 0) is 27.3 Å². The van der Waals surface area contributed by atoms with Gasteiger partial charge in [0.25, 0.3) is 5.91 Å². The molecular weight excluding hydrogens is 430 g/mol. The highest BCUT2D eigenvalue weighted by atomic mass is 16.2. The Balaban J connectivity index is 1.29. The molecule has 2 aromatic rings. The lowest BCUT2D eigenvalue weighted by atomic mass is 10.1. The number of carbonyl (C=O) groups excluding carboxylic acids is 3. The third kappa shape index (κ3) is 5.88. The first-order valence-electron chi connectivity index (χ1n) is 11.8. The van der Waals surface area contributed by atoms with Crippen molar-refractivity contribution in [3.8, 4) is 0 Å². The number of para-hydroxylation sites is 1. The molecular formula is C26H31N5O3. The fourth-order valence-electron chi connectivity index (χ4n) is 4.27. The molecule has 0 atom stereocenters. The van der Waals surface area contributed by atoms with Gasteiger partial charge in [-0.2, -0.15) is 5.10 Å². The van der Waals surface area contributed by atoms with E-state index >= 15 is 0 Å². The van der Waals surface area contributed by atoms with Crippen LogP contribution in [0.3, 0.4) is 0 Å². The molecule has 8 nitrogen and oxygen atoms in total. The number of aryl methyl sites for hydroxylation is 1. The second-order valence-electron chi connectivity index (χ2n) is 8.61. The lowest BCUT2D eigenvalue weighted by Gasteiger charge is -2.35. The van der Waals surface area contributed by atoms with Crippen molar-refractivity contribution in [1.29, 1.82) is 0 Å². The summed E-state index contributed by atoms with van der Waals surface area (Å²) in [5.74, 6) is -0.236. The Bertz CT molecular complexity index is 1060. The molecule has 3 amide bonds.